The topological polar surface area (TPSA) is 64.7 Å². The fourth-order valence-corrected chi connectivity index (χ4v) is 4.00. The zero-order valence-electron chi connectivity index (χ0n) is 13.9. The Balaban J connectivity index is 1.40. The van der Waals surface area contributed by atoms with Gasteiger partial charge in [0, 0.05) is 43.5 Å². The van der Waals surface area contributed by atoms with E-state index in [0.29, 0.717) is 12.5 Å². The van der Waals surface area contributed by atoms with Crippen LogP contribution >= 0.6 is 0 Å². The first-order chi connectivity index (χ1) is 11.7. The van der Waals surface area contributed by atoms with Crippen molar-refractivity contribution in [1.29, 1.82) is 0 Å². The largest absolute Gasteiger partial charge is 0.326 e. The summed E-state index contributed by atoms with van der Waals surface area (Å²) >= 11 is 0. The summed E-state index contributed by atoms with van der Waals surface area (Å²) in [6, 6.07) is 6.22. The Morgan fingerprint density at radius 3 is 3.00 bits per heavy atom. The molecule has 3 amide bonds. The van der Waals surface area contributed by atoms with E-state index in [9.17, 15) is 9.59 Å². The van der Waals surface area contributed by atoms with Crippen LogP contribution in [0.5, 0.6) is 0 Å². The van der Waals surface area contributed by atoms with Crippen molar-refractivity contribution in [3.63, 3.8) is 0 Å². The van der Waals surface area contributed by atoms with Crippen LogP contribution in [-0.4, -0.2) is 54.0 Å². The Kier molecular flexibility index (Phi) is 4.14. The van der Waals surface area contributed by atoms with Crippen LogP contribution in [0.1, 0.15) is 31.2 Å². The molecule has 0 bridgehead atoms. The molecule has 6 nitrogen and oxygen atoms in total. The monoisotopic (exact) mass is 328 g/mol. The smallest absolute Gasteiger partial charge is 0.321 e. The normalized spacial score (nSPS) is 23.9. The van der Waals surface area contributed by atoms with Crippen molar-refractivity contribution in [2.24, 2.45) is 0 Å². The summed E-state index contributed by atoms with van der Waals surface area (Å²) in [6.45, 7) is 3.78. The second-order valence-corrected chi connectivity index (χ2v) is 6.98. The molecule has 2 N–H and O–H groups in total. The molecule has 3 aliphatic heterocycles. The Labute approximate surface area is 142 Å². The van der Waals surface area contributed by atoms with E-state index >= 15 is 0 Å². The molecule has 3 aliphatic rings. The van der Waals surface area contributed by atoms with E-state index < -0.39 is 0 Å². The molecule has 1 atom stereocenters. The first-order valence-corrected chi connectivity index (χ1v) is 8.92. The van der Waals surface area contributed by atoms with Gasteiger partial charge in [-0.1, -0.05) is 6.42 Å². The zero-order valence-corrected chi connectivity index (χ0v) is 13.9. The number of hydrogen-bond donors (Lipinski definition) is 2. The number of amides is 3. The lowest BCUT2D eigenvalue weighted by Crippen LogP contribution is -2.56. The Morgan fingerprint density at radius 2 is 2.08 bits per heavy atom. The molecule has 0 aromatic heterocycles. The van der Waals surface area contributed by atoms with Crippen LogP contribution < -0.4 is 10.6 Å². The summed E-state index contributed by atoms with van der Waals surface area (Å²) in [7, 11) is 0. The van der Waals surface area contributed by atoms with Gasteiger partial charge in [-0.05, 0) is 49.6 Å². The van der Waals surface area contributed by atoms with Gasteiger partial charge < -0.3 is 15.5 Å². The summed E-state index contributed by atoms with van der Waals surface area (Å²) in [5, 5.41) is 5.89. The number of anilines is 2. The van der Waals surface area contributed by atoms with Crippen molar-refractivity contribution in [1.82, 2.24) is 9.80 Å². The average molecular weight is 328 g/mol. The summed E-state index contributed by atoms with van der Waals surface area (Å²) in [5.74, 6) is 0.0599. The molecule has 0 aliphatic carbocycles. The van der Waals surface area contributed by atoms with Gasteiger partial charge in [0.2, 0.25) is 5.91 Å². The minimum absolute atomic E-state index is 0.0139. The van der Waals surface area contributed by atoms with E-state index in [1.54, 1.807) is 0 Å². The summed E-state index contributed by atoms with van der Waals surface area (Å²) in [6.07, 6.45) is 4.99. The highest BCUT2D eigenvalue weighted by Crippen LogP contribution is 2.26. The molecule has 4 rings (SSSR count). The average Bonchev–Trinajstić information content (AvgIpc) is 2.61. The zero-order chi connectivity index (χ0) is 16.5. The minimum Gasteiger partial charge on any atom is -0.326 e. The summed E-state index contributed by atoms with van der Waals surface area (Å²) in [4.78, 5) is 28.5. The predicted molar refractivity (Wildman–Crippen MR) is 93.2 cm³/mol. The number of aryl methyl sites for hydroxylation is 1. The highest BCUT2D eigenvalue weighted by atomic mass is 16.2. The maximum atomic E-state index is 12.6. The number of fused-ring (bicyclic) bond motifs is 2. The van der Waals surface area contributed by atoms with Gasteiger partial charge in [0.25, 0.3) is 0 Å². The highest BCUT2D eigenvalue weighted by molar-refractivity contribution is 5.95. The van der Waals surface area contributed by atoms with Crippen molar-refractivity contribution in [3.8, 4) is 0 Å². The van der Waals surface area contributed by atoms with Crippen molar-refractivity contribution in [2.75, 3.05) is 36.8 Å². The fourth-order valence-electron chi connectivity index (χ4n) is 4.00. The van der Waals surface area contributed by atoms with E-state index in [1.807, 2.05) is 23.1 Å². The van der Waals surface area contributed by atoms with Gasteiger partial charge in [-0.25, -0.2) is 4.79 Å². The molecule has 24 heavy (non-hydrogen) atoms. The SMILES string of the molecule is O=C1CCc2cc(NC(=O)N3CCN4CCCC[C@H]4C3)ccc2N1. The molecule has 0 saturated carbocycles. The molecule has 6 heteroatoms. The third kappa shape index (κ3) is 3.11. The molecule has 2 saturated heterocycles. The molecule has 0 unspecified atom stereocenters. The van der Waals surface area contributed by atoms with Crippen LogP contribution in [0.2, 0.25) is 0 Å². The maximum absolute atomic E-state index is 12.6. The molecule has 0 radical (unpaired) electrons. The van der Waals surface area contributed by atoms with Gasteiger partial charge >= 0.3 is 6.03 Å². The standard InChI is InChI=1S/C18H24N4O2/c23-17-7-4-13-11-14(5-6-16(13)20-17)19-18(24)22-10-9-21-8-2-1-3-15(21)12-22/h5-6,11,15H,1-4,7-10,12H2,(H,19,24)(H,20,23)/t15-/m0/s1. The predicted octanol–water partition coefficient (Wildman–Crippen LogP) is 2.27. The van der Waals surface area contributed by atoms with Crippen molar-refractivity contribution in [3.05, 3.63) is 23.8 Å². The lowest BCUT2D eigenvalue weighted by atomic mass is 10.00. The summed E-state index contributed by atoms with van der Waals surface area (Å²) in [5.41, 5.74) is 2.76. The minimum atomic E-state index is -0.0139. The number of rotatable bonds is 1. The van der Waals surface area contributed by atoms with Crippen LogP contribution in [0, 0.1) is 0 Å². The first kappa shape index (κ1) is 15.4. The number of urea groups is 1. The molecule has 2 fully saturated rings. The summed E-state index contributed by atoms with van der Waals surface area (Å²) < 4.78 is 0. The third-order valence-electron chi connectivity index (χ3n) is 5.38. The van der Waals surface area contributed by atoms with Gasteiger partial charge in [-0.15, -0.1) is 0 Å². The van der Waals surface area contributed by atoms with Crippen LogP contribution in [0.4, 0.5) is 16.2 Å². The molecule has 1 aromatic carbocycles. The van der Waals surface area contributed by atoms with E-state index in [2.05, 4.69) is 15.5 Å². The van der Waals surface area contributed by atoms with Crippen LogP contribution in [0.3, 0.4) is 0 Å². The van der Waals surface area contributed by atoms with Gasteiger partial charge in [-0.3, -0.25) is 9.69 Å². The number of nitrogens with one attached hydrogen (secondary N) is 2. The Morgan fingerprint density at radius 1 is 1.17 bits per heavy atom. The molecule has 0 spiro atoms. The van der Waals surface area contributed by atoms with Crippen LogP contribution in [0.15, 0.2) is 18.2 Å². The van der Waals surface area contributed by atoms with E-state index in [1.165, 1.54) is 25.8 Å². The number of carbonyl (C=O) groups is 2. The number of piperazine rings is 1. The number of carbonyl (C=O) groups excluding carboxylic acids is 2. The van der Waals surface area contributed by atoms with Crippen molar-refractivity contribution < 1.29 is 9.59 Å². The molecular formula is C18H24N4O2. The van der Waals surface area contributed by atoms with Crippen molar-refractivity contribution >= 4 is 23.3 Å². The Bertz CT molecular complexity index is 660. The fraction of sp³-hybridized carbons (Fsp3) is 0.556. The molecule has 1 aromatic rings. The van der Waals surface area contributed by atoms with E-state index in [4.69, 9.17) is 0 Å². The molecular weight excluding hydrogens is 304 g/mol. The van der Waals surface area contributed by atoms with Crippen LogP contribution in [-0.2, 0) is 11.2 Å². The van der Waals surface area contributed by atoms with Gasteiger partial charge in [0.1, 0.15) is 0 Å². The molecule has 3 heterocycles. The maximum Gasteiger partial charge on any atom is 0.321 e. The van der Waals surface area contributed by atoms with Gasteiger partial charge in [-0.2, -0.15) is 0 Å². The lowest BCUT2D eigenvalue weighted by molar-refractivity contribution is -0.116. The van der Waals surface area contributed by atoms with Gasteiger partial charge in [0.15, 0.2) is 0 Å². The van der Waals surface area contributed by atoms with E-state index in [-0.39, 0.29) is 11.9 Å². The lowest BCUT2D eigenvalue weighted by Gasteiger charge is -2.43. The van der Waals surface area contributed by atoms with E-state index in [0.717, 1.165) is 43.0 Å². The van der Waals surface area contributed by atoms with Crippen molar-refractivity contribution in [2.45, 2.75) is 38.1 Å². The highest BCUT2D eigenvalue weighted by Gasteiger charge is 2.31. The van der Waals surface area contributed by atoms with Gasteiger partial charge in [0.05, 0.1) is 0 Å². The second-order valence-electron chi connectivity index (χ2n) is 6.98. The van der Waals surface area contributed by atoms with Crippen LogP contribution in [0.25, 0.3) is 0 Å². The number of piperidine rings is 1. The molecule has 128 valence electrons. The first-order valence-electron chi connectivity index (χ1n) is 8.92. The third-order valence-corrected chi connectivity index (χ3v) is 5.38. The number of benzene rings is 1. The number of nitrogens with zero attached hydrogens (tertiary/aromatic N) is 2. The second kappa shape index (κ2) is 6.43. The number of hydrogen-bond acceptors (Lipinski definition) is 3. The Hall–Kier alpha value is -2.08. The quantitative estimate of drug-likeness (QED) is 0.831.